The number of anilines is 2. The van der Waals surface area contributed by atoms with E-state index >= 15 is 0 Å². The van der Waals surface area contributed by atoms with Crippen LogP contribution in [0, 0.1) is 6.92 Å². The van der Waals surface area contributed by atoms with Crippen molar-refractivity contribution in [1.29, 1.82) is 0 Å². The maximum absolute atomic E-state index is 12.9. The fraction of sp³-hybridized carbons (Fsp3) is 0.304. The molecule has 0 spiro atoms. The third-order valence-electron chi connectivity index (χ3n) is 5.36. The van der Waals surface area contributed by atoms with Crippen molar-refractivity contribution in [2.24, 2.45) is 0 Å². The van der Waals surface area contributed by atoms with Crippen LogP contribution in [-0.4, -0.2) is 39.6 Å². The molecule has 4 rings (SSSR count). The molecule has 1 aliphatic heterocycles. The van der Waals surface area contributed by atoms with Crippen LogP contribution in [0.25, 0.3) is 10.6 Å². The van der Waals surface area contributed by atoms with Crippen molar-refractivity contribution in [2.75, 3.05) is 17.2 Å². The van der Waals surface area contributed by atoms with Crippen LogP contribution in [-0.2, 0) is 11.2 Å². The number of benzene rings is 2. The van der Waals surface area contributed by atoms with E-state index < -0.39 is 6.04 Å². The number of nitrogens with zero attached hydrogens (tertiary/aromatic N) is 3. The van der Waals surface area contributed by atoms with Gasteiger partial charge < -0.3 is 10.2 Å². The van der Waals surface area contributed by atoms with Crippen molar-refractivity contribution in [1.82, 2.24) is 15.1 Å². The standard InChI is InChI=1S/C23H25N5O2S/c1-3-16-6-4-7-18(14-16)24-23(30)28-13-5-8-19(28)20(29)25-22-27-26-21(31-22)17-11-9-15(2)10-12-17/h4,6-7,9-12,14,19H,3,5,8,13H2,1-2H3,(H,24,30)(H,25,27,29). The molecular weight excluding hydrogens is 410 g/mol. The summed E-state index contributed by atoms with van der Waals surface area (Å²) in [5.74, 6) is -0.235. The zero-order valence-electron chi connectivity index (χ0n) is 17.6. The number of hydrogen-bond acceptors (Lipinski definition) is 5. The monoisotopic (exact) mass is 435 g/mol. The van der Waals surface area contributed by atoms with Crippen LogP contribution in [0.5, 0.6) is 0 Å². The molecule has 0 bridgehead atoms. The smallest absolute Gasteiger partial charge is 0.312 e. The molecule has 0 radical (unpaired) electrons. The van der Waals surface area contributed by atoms with Crippen molar-refractivity contribution in [3.05, 3.63) is 59.7 Å². The highest BCUT2D eigenvalue weighted by atomic mass is 32.1. The maximum Gasteiger partial charge on any atom is 0.322 e. The van der Waals surface area contributed by atoms with Crippen LogP contribution < -0.4 is 10.6 Å². The number of urea groups is 1. The molecule has 8 heteroatoms. The van der Waals surface area contributed by atoms with Gasteiger partial charge >= 0.3 is 6.03 Å². The van der Waals surface area contributed by atoms with Crippen molar-refractivity contribution in [3.63, 3.8) is 0 Å². The van der Waals surface area contributed by atoms with Gasteiger partial charge in [0.15, 0.2) is 0 Å². The lowest BCUT2D eigenvalue weighted by molar-refractivity contribution is -0.119. The number of carbonyl (C=O) groups is 2. The third kappa shape index (κ3) is 4.91. The molecule has 2 N–H and O–H groups in total. The van der Waals surface area contributed by atoms with Crippen molar-refractivity contribution in [3.8, 4) is 10.6 Å². The SMILES string of the molecule is CCc1cccc(NC(=O)N2CCCC2C(=O)Nc2nnc(-c3ccc(C)cc3)s2)c1. The van der Waals surface area contributed by atoms with Crippen LogP contribution >= 0.6 is 11.3 Å². The number of rotatable bonds is 5. The Morgan fingerprint density at radius 3 is 2.71 bits per heavy atom. The lowest BCUT2D eigenvalue weighted by Gasteiger charge is -2.24. The Kier molecular flexibility index (Phi) is 6.27. The first-order chi connectivity index (χ1) is 15.0. The maximum atomic E-state index is 12.9. The fourth-order valence-corrected chi connectivity index (χ4v) is 4.37. The molecule has 3 aromatic rings. The molecule has 3 amide bonds. The molecule has 1 unspecified atom stereocenters. The highest BCUT2D eigenvalue weighted by Crippen LogP contribution is 2.27. The molecule has 0 saturated carbocycles. The van der Waals surface area contributed by atoms with Gasteiger partial charge in [-0.3, -0.25) is 10.1 Å². The number of nitrogens with one attached hydrogen (secondary N) is 2. The van der Waals surface area contributed by atoms with Crippen LogP contribution in [0.2, 0.25) is 0 Å². The Balaban J connectivity index is 1.41. The first-order valence-corrected chi connectivity index (χ1v) is 11.2. The van der Waals surface area contributed by atoms with Gasteiger partial charge in [-0.2, -0.15) is 0 Å². The summed E-state index contributed by atoms with van der Waals surface area (Å²) >= 11 is 1.32. The molecule has 31 heavy (non-hydrogen) atoms. The van der Waals surface area contributed by atoms with Gasteiger partial charge in [0, 0.05) is 17.8 Å². The third-order valence-corrected chi connectivity index (χ3v) is 6.24. The zero-order chi connectivity index (χ0) is 21.8. The van der Waals surface area contributed by atoms with Gasteiger partial charge in [-0.15, -0.1) is 10.2 Å². The topological polar surface area (TPSA) is 87.2 Å². The van der Waals surface area contributed by atoms with Crippen molar-refractivity contribution in [2.45, 2.75) is 39.2 Å². The number of aromatic nitrogens is 2. The summed E-state index contributed by atoms with van der Waals surface area (Å²) in [4.78, 5) is 27.3. The largest absolute Gasteiger partial charge is 0.322 e. The molecule has 1 aromatic heterocycles. The quantitative estimate of drug-likeness (QED) is 0.608. The lowest BCUT2D eigenvalue weighted by Crippen LogP contribution is -2.45. The number of hydrogen-bond donors (Lipinski definition) is 2. The number of amides is 3. The van der Waals surface area contributed by atoms with E-state index in [1.807, 2.05) is 55.5 Å². The van der Waals surface area contributed by atoms with Gasteiger partial charge in [-0.25, -0.2) is 4.79 Å². The fourth-order valence-electron chi connectivity index (χ4n) is 3.62. The van der Waals surface area contributed by atoms with E-state index in [1.165, 1.54) is 16.9 Å². The van der Waals surface area contributed by atoms with Crippen molar-refractivity contribution < 1.29 is 9.59 Å². The minimum Gasteiger partial charge on any atom is -0.312 e. The summed E-state index contributed by atoms with van der Waals surface area (Å²) in [6.07, 6.45) is 2.30. The average Bonchev–Trinajstić information content (AvgIpc) is 3.44. The molecule has 1 fully saturated rings. The summed E-state index contributed by atoms with van der Waals surface area (Å²) in [7, 11) is 0. The molecule has 0 aliphatic carbocycles. The predicted octanol–water partition coefficient (Wildman–Crippen LogP) is 4.71. The van der Waals surface area contributed by atoms with Crippen LogP contribution in [0.3, 0.4) is 0 Å². The van der Waals surface area contributed by atoms with E-state index in [4.69, 9.17) is 0 Å². The zero-order valence-corrected chi connectivity index (χ0v) is 18.4. The lowest BCUT2D eigenvalue weighted by atomic mass is 10.1. The normalized spacial score (nSPS) is 15.7. The van der Waals surface area contributed by atoms with E-state index in [-0.39, 0.29) is 11.9 Å². The average molecular weight is 436 g/mol. The summed E-state index contributed by atoms with van der Waals surface area (Å²) in [5, 5.41) is 15.2. The van der Waals surface area contributed by atoms with E-state index in [1.54, 1.807) is 4.90 Å². The Bertz CT molecular complexity index is 1080. The van der Waals surface area contributed by atoms with E-state index in [2.05, 4.69) is 27.8 Å². The Hall–Kier alpha value is -3.26. The summed E-state index contributed by atoms with van der Waals surface area (Å²) in [6.45, 7) is 4.64. The minimum atomic E-state index is -0.527. The molecule has 2 heterocycles. The Morgan fingerprint density at radius 1 is 1.13 bits per heavy atom. The second-order valence-corrected chi connectivity index (χ2v) is 8.58. The molecule has 1 aliphatic rings. The molecule has 7 nitrogen and oxygen atoms in total. The van der Waals surface area contributed by atoms with E-state index in [0.717, 1.165) is 34.7 Å². The van der Waals surface area contributed by atoms with Gasteiger partial charge in [-0.1, -0.05) is 60.2 Å². The van der Waals surface area contributed by atoms with Gasteiger partial charge in [0.2, 0.25) is 11.0 Å². The highest BCUT2D eigenvalue weighted by molar-refractivity contribution is 7.18. The minimum absolute atomic E-state index is 0.235. The number of likely N-dealkylation sites (tertiary alicyclic amines) is 1. The van der Waals surface area contributed by atoms with Crippen LogP contribution in [0.1, 0.15) is 30.9 Å². The van der Waals surface area contributed by atoms with Gasteiger partial charge in [-0.05, 0) is 43.9 Å². The van der Waals surface area contributed by atoms with E-state index in [9.17, 15) is 9.59 Å². The number of carbonyl (C=O) groups excluding carboxylic acids is 2. The first kappa shape index (κ1) is 21.0. The van der Waals surface area contributed by atoms with Crippen molar-refractivity contribution >= 4 is 34.1 Å². The highest BCUT2D eigenvalue weighted by Gasteiger charge is 2.34. The van der Waals surface area contributed by atoms with Gasteiger partial charge in [0.25, 0.3) is 0 Å². The second-order valence-electron chi connectivity index (χ2n) is 7.60. The van der Waals surface area contributed by atoms with Crippen LogP contribution in [0.4, 0.5) is 15.6 Å². The predicted molar refractivity (Wildman–Crippen MR) is 123 cm³/mol. The summed E-state index contributed by atoms with van der Waals surface area (Å²) in [5.41, 5.74) is 4.01. The summed E-state index contributed by atoms with van der Waals surface area (Å²) in [6, 6.07) is 15.0. The second kappa shape index (κ2) is 9.26. The Labute approximate surface area is 185 Å². The molecule has 1 atom stereocenters. The molecule has 2 aromatic carbocycles. The molecular formula is C23H25N5O2S. The molecule has 160 valence electrons. The summed E-state index contributed by atoms with van der Waals surface area (Å²) < 4.78 is 0. The van der Waals surface area contributed by atoms with E-state index in [0.29, 0.717) is 18.1 Å². The van der Waals surface area contributed by atoms with Gasteiger partial charge in [0.1, 0.15) is 11.0 Å². The van der Waals surface area contributed by atoms with Crippen LogP contribution in [0.15, 0.2) is 48.5 Å². The number of aryl methyl sites for hydroxylation is 2. The molecule has 1 saturated heterocycles. The first-order valence-electron chi connectivity index (χ1n) is 10.4. The van der Waals surface area contributed by atoms with Gasteiger partial charge in [0.05, 0.1) is 0 Å². The Morgan fingerprint density at radius 2 is 1.94 bits per heavy atom.